The highest BCUT2D eigenvalue weighted by atomic mass is 19.4. The minimum atomic E-state index is -4.62. The van der Waals surface area contributed by atoms with Crippen molar-refractivity contribution in [2.45, 2.75) is 44.5 Å². The van der Waals surface area contributed by atoms with Crippen LogP contribution < -0.4 is 5.32 Å². The van der Waals surface area contributed by atoms with E-state index in [2.05, 4.69) is 5.32 Å². The van der Waals surface area contributed by atoms with E-state index in [1.54, 1.807) is 0 Å². The second-order valence-corrected chi connectivity index (χ2v) is 5.58. The van der Waals surface area contributed by atoms with Crippen molar-refractivity contribution < 1.29 is 22.7 Å². The fraction of sp³-hybridized carbons (Fsp3) is 0.600. The lowest BCUT2D eigenvalue weighted by atomic mass is 9.86. The van der Waals surface area contributed by atoms with Crippen molar-refractivity contribution in [1.82, 2.24) is 5.32 Å². The molecule has 2 N–H and O–H groups in total. The molecule has 1 heterocycles. The second kappa shape index (κ2) is 6.32. The molecule has 1 aromatic rings. The number of aliphatic hydroxyl groups is 1. The zero-order valence-electron chi connectivity index (χ0n) is 11.8. The lowest BCUT2D eigenvalue weighted by Crippen LogP contribution is -2.42. The number of piperidine rings is 1. The first kappa shape index (κ1) is 16.2. The molecule has 1 fully saturated rings. The number of rotatable bonds is 3. The zero-order chi connectivity index (χ0) is 15.6. The van der Waals surface area contributed by atoms with E-state index in [-0.39, 0.29) is 11.6 Å². The summed E-state index contributed by atoms with van der Waals surface area (Å²) in [5.74, 6) is -0.553. The molecule has 0 aliphatic carbocycles. The summed E-state index contributed by atoms with van der Waals surface area (Å²) >= 11 is 0. The van der Waals surface area contributed by atoms with E-state index in [1.807, 2.05) is 6.92 Å². The van der Waals surface area contributed by atoms with Crippen molar-refractivity contribution in [1.29, 1.82) is 0 Å². The number of hydrogen-bond acceptors (Lipinski definition) is 2. The summed E-state index contributed by atoms with van der Waals surface area (Å²) in [4.78, 5) is 0. The smallest absolute Gasteiger partial charge is 0.387 e. The van der Waals surface area contributed by atoms with Gasteiger partial charge in [0.1, 0.15) is 5.82 Å². The van der Waals surface area contributed by atoms with E-state index in [0.717, 1.165) is 25.0 Å². The Morgan fingerprint density at radius 3 is 2.67 bits per heavy atom. The van der Waals surface area contributed by atoms with Gasteiger partial charge in [0.05, 0.1) is 11.7 Å². The minimum Gasteiger partial charge on any atom is -0.387 e. The maximum atomic E-state index is 13.4. The molecule has 0 spiro atoms. The average molecular weight is 305 g/mol. The molecule has 118 valence electrons. The number of alkyl halides is 3. The first-order chi connectivity index (χ1) is 9.81. The van der Waals surface area contributed by atoms with Gasteiger partial charge in [-0.25, -0.2) is 4.39 Å². The Morgan fingerprint density at radius 2 is 2.05 bits per heavy atom. The van der Waals surface area contributed by atoms with Gasteiger partial charge in [0.15, 0.2) is 0 Å². The Hall–Kier alpha value is -1.14. The first-order valence-electron chi connectivity index (χ1n) is 7.10. The highest BCUT2D eigenvalue weighted by Crippen LogP contribution is 2.34. The summed E-state index contributed by atoms with van der Waals surface area (Å²) in [6, 6.07) is 1.90. The molecule has 1 aromatic carbocycles. The third kappa shape index (κ3) is 3.95. The van der Waals surface area contributed by atoms with Crippen LogP contribution in [0.2, 0.25) is 0 Å². The first-order valence-corrected chi connectivity index (χ1v) is 7.10. The van der Waals surface area contributed by atoms with E-state index in [1.165, 1.54) is 0 Å². The standard InChI is InChI=1S/C15H19F4NO/c1-2-9-3-4-20-13(5-9)14(21)10-6-11(15(17,18)19)8-12(16)7-10/h6-9,13-14,20-21H,2-5H2,1H3. The van der Waals surface area contributed by atoms with E-state index in [9.17, 15) is 22.7 Å². The highest BCUT2D eigenvalue weighted by molar-refractivity contribution is 5.29. The van der Waals surface area contributed by atoms with Gasteiger partial charge in [0, 0.05) is 6.04 Å². The molecule has 21 heavy (non-hydrogen) atoms. The van der Waals surface area contributed by atoms with Crippen LogP contribution in [0.5, 0.6) is 0 Å². The Bertz CT molecular complexity index is 489. The molecule has 6 heteroatoms. The normalized spacial score (nSPS) is 24.9. The molecule has 0 radical (unpaired) electrons. The fourth-order valence-electron chi connectivity index (χ4n) is 2.82. The summed E-state index contributed by atoms with van der Waals surface area (Å²) in [5.41, 5.74) is -1.10. The van der Waals surface area contributed by atoms with Crippen LogP contribution in [0, 0.1) is 11.7 Å². The lowest BCUT2D eigenvalue weighted by Gasteiger charge is -2.33. The average Bonchev–Trinajstić information content (AvgIpc) is 2.45. The molecular formula is C15H19F4NO. The molecule has 0 aromatic heterocycles. The summed E-state index contributed by atoms with van der Waals surface area (Å²) in [6.07, 6.45) is -3.15. The maximum absolute atomic E-state index is 13.4. The van der Waals surface area contributed by atoms with Crippen molar-refractivity contribution in [3.63, 3.8) is 0 Å². The molecule has 0 amide bonds. The third-order valence-corrected chi connectivity index (χ3v) is 4.09. The summed E-state index contributed by atoms with van der Waals surface area (Å²) in [6.45, 7) is 2.76. The number of benzene rings is 1. The van der Waals surface area contributed by atoms with Crippen LogP contribution in [0.25, 0.3) is 0 Å². The van der Waals surface area contributed by atoms with Gasteiger partial charge in [-0.1, -0.05) is 13.3 Å². The Labute approximate surface area is 121 Å². The lowest BCUT2D eigenvalue weighted by molar-refractivity contribution is -0.137. The predicted octanol–water partition coefficient (Wildman–Crippen LogP) is 3.66. The van der Waals surface area contributed by atoms with Crippen LogP contribution in [-0.4, -0.2) is 17.7 Å². The van der Waals surface area contributed by atoms with Crippen LogP contribution in [0.1, 0.15) is 43.4 Å². The quantitative estimate of drug-likeness (QED) is 0.835. The zero-order valence-corrected chi connectivity index (χ0v) is 11.8. The van der Waals surface area contributed by atoms with Gasteiger partial charge >= 0.3 is 6.18 Å². The number of aliphatic hydroxyl groups excluding tert-OH is 1. The largest absolute Gasteiger partial charge is 0.416 e. The van der Waals surface area contributed by atoms with Crippen LogP contribution in [-0.2, 0) is 6.18 Å². The van der Waals surface area contributed by atoms with Gasteiger partial charge in [-0.15, -0.1) is 0 Å². The van der Waals surface area contributed by atoms with Gasteiger partial charge in [-0.05, 0) is 49.1 Å². The van der Waals surface area contributed by atoms with Crippen LogP contribution in [0.15, 0.2) is 18.2 Å². The van der Waals surface area contributed by atoms with Crippen LogP contribution >= 0.6 is 0 Å². The fourth-order valence-corrected chi connectivity index (χ4v) is 2.82. The molecule has 1 aliphatic heterocycles. The maximum Gasteiger partial charge on any atom is 0.416 e. The van der Waals surface area contributed by atoms with Crippen molar-refractivity contribution >= 4 is 0 Å². The number of hydrogen-bond donors (Lipinski definition) is 2. The number of nitrogens with one attached hydrogen (secondary N) is 1. The van der Waals surface area contributed by atoms with Crippen LogP contribution in [0.4, 0.5) is 17.6 Å². The monoisotopic (exact) mass is 305 g/mol. The number of halogens is 4. The van der Waals surface area contributed by atoms with E-state index < -0.39 is 23.7 Å². The summed E-state index contributed by atoms with van der Waals surface area (Å²) in [7, 11) is 0. The van der Waals surface area contributed by atoms with Gasteiger partial charge in [-0.2, -0.15) is 13.2 Å². The van der Waals surface area contributed by atoms with Crippen molar-refractivity contribution in [3.05, 3.63) is 35.1 Å². The van der Waals surface area contributed by atoms with Crippen molar-refractivity contribution in [2.75, 3.05) is 6.54 Å². The van der Waals surface area contributed by atoms with E-state index >= 15 is 0 Å². The minimum absolute atomic E-state index is 0.0309. The molecule has 3 atom stereocenters. The molecule has 2 rings (SSSR count). The van der Waals surface area contributed by atoms with Crippen LogP contribution in [0.3, 0.4) is 0 Å². The molecule has 3 unspecified atom stereocenters. The molecule has 1 aliphatic rings. The topological polar surface area (TPSA) is 32.3 Å². The van der Waals surface area contributed by atoms with Crippen molar-refractivity contribution in [3.8, 4) is 0 Å². The third-order valence-electron chi connectivity index (χ3n) is 4.09. The predicted molar refractivity (Wildman–Crippen MR) is 71.2 cm³/mol. The van der Waals surface area contributed by atoms with Gasteiger partial charge < -0.3 is 10.4 Å². The van der Waals surface area contributed by atoms with Gasteiger partial charge in [0.25, 0.3) is 0 Å². The van der Waals surface area contributed by atoms with Gasteiger partial charge in [0.2, 0.25) is 0 Å². The molecule has 2 nitrogen and oxygen atoms in total. The molecule has 1 saturated heterocycles. The van der Waals surface area contributed by atoms with E-state index in [0.29, 0.717) is 24.9 Å². The molecule has 0 saturated carbocycles. The Morgan fingerprint density at radius 1 is 1.33 bits per heavy atom. The van der Waals surface area contributed by atoms with Crippen molar-refractivity contribution in [2.24, 2.45) is 5.92 Å². The molecular weight excluding hydrogens is 286 g/mol. The Kier molecular flexibility index (Phi) is 4.88. The van der Waals surface area contributed by atoms with E-state index in [4.69, 9.17) is 0 Å². The second-order valence-electron chi connectivity index (χ2n) is 5.58. The summed E-state index contributed by atoms with van der Waals surface area (Å²) in [5, 5.41) is 13.4. The SMILES string of the molecule is CCC1CCNC(C(O)c2cc(F)cc(C(F)(F)F)c2)C1. The highest BCUT2D eigenvalue weighted by Gasteiger charge is 2.33. The molecule has 0 bridgehead atoms. The van der Waals surface area contributed by atoms with Gasteiger partial charge in [-0.3, -0.25) is 0 Å². The Balaban J connectivity index is 2.22. The summed E-state index contributed by atoms with van der Waals surface area (Å²) < 4.78 is 51.5.